The molecule has 0 amide bonds. The molecule has 6 atom stereocenters. The average Bonchev–Trinajstić information content (AvgIpc) is 2.79. The molecule has 0 aliphatic heterocycles. The Morgan fingerprint density at radius 2 is 0.818 bits per heavy atom. The summed E-state index contributed by atoms with van der Waals surface area (Å²) in [5.41, 5.74) is 0. The molecule has 0 aliphatic carbocycles. The Bertz CT molecular complexity index is 450. The van der Waals surface area contributed by atoms with Crippen LogP contribution < -0.4 is 0 Å². The molecule has 0 saturated heterocycles. The molecular weight excluding hydrogens is 581 g/mol. The maximum absolute atomic E-state index is 15.1. The average molecular weight is 615 g/mol. The first-order chi connectivity index (χ1) is 15.5. The quantitative estimate of drug-likeness (QED) is 0.0816. The summed E-state index contributed by atoms with van der Waals surface area (Å²) in [6.45, 7) is 2.64. The van der Waals surface area contributed by atoms with Crippen molar-refractivity contribution in [3.05, 3.63) is 0 Å². The Morgan fingerprint density at radius 3 is 1.09 bits per heavy atom. The Hall–Kier alpha value is 0.0187. The van der Waals surface area contributed by atoms with E-state index in [2.05, 4.69) is 0 Å². The number of hydrogen-bond donors (Lipinski definition) is 0. The van der Waals surface area contributed by atoms with E-state index >= 15 is 8.78 Å². The molecule has 0 saturated carbocycles. The molecule has 0 aliphatic rings. The molecule has 13 heteroatoms. The van der Waals surface area contributed by atoms with E-state index in [1.54, 1.807) is 0 Å². The number of rotatable bonds is 20. The van der Waals surface area contributed by atoms with Crippen molar-refractivity contribution in [1.29, 1.82) is 0 Å². The second-order valence-electron chi connectivity index (χ2n) is 7.79. The monoisotopic (exact) mass is 616 g/mol. The number of hydrogen-bond acceptors (Lipinski definition) is 2. The van der Waals surface area contributed by atoms with Crippen molar-refractivity contribution in [2.45, 2.75) is 111 Å². The van der Waals surface area contributed by atoms with Gasteiger partial charge >= 0.3 is 194 Å². The van der Waals surface area contributed by atoms with Crippen LogP contribution in [0.15, 0.2) is 0 Å². The second-order valence-corrected chi connectivity index (χ2v) is 16.7. The van der Waals surface area contributed by atoms with Gasteiger partial charge in [0, 0.05) is 0 Å². The molecule has 0 spiro atoms. The molecule has 6 unspecified atom stereocenters. The van der Waals surface area contributed by atoms with Crippen molar-refractivity contribution < 1.29 is 50.1 Å². The van der Waals surface area contributed by atoms with Gasteiger partial charge in [-0.15, -0.1) is 0 Å². The third-order valence-electron chi connectivity index (χ3n) is 5.07. The molecule has 0 heterocycles. The molecule has 33 heavy (non-hydrogen) atoms. The van der Waals surface area contributed by atoms with Crippen LogP contribution in [0.25, 0.3) is 0 Å². The predicted molar refractivity (Wildman–Crippen MR) is 107 cm³/mol. The van der Waals surface area contributed by atoms with Gasteiger partial charge in [-0.2, -0.15) is 0 Å². The number of unbranched alkanes of at least 4 members (excludes halogenated alkanes) is 6. The van der Waals surface area contributed by atoms with E-state index in [1.165, 1.54) is 0 Å². The fourth-order valence-corrected chi connectivity index (χ4v) is 12.2. The Balaban J connectivity index is 6.01. The van der Waals surface area contributed by atoms with Crippen LogP contribution in [0.5, 0.6) is 0 Å². The SMILES string of the molecule is CCCCCC[O][Sn]([O]CCCCCC)([CH](F)C(F)C(F)C(F)F)[CH](F)C(F)C(F)C(F)F. The summed E-state index contributed by atoms with van der Waals surface area (Å²) in [6, 6.07) is 0. The Kier molecular flexibility index (Phi) is 17.5. The molecule has 200 valence electrons. The molecule has 0 radical (unpaired) electrons. The van der Waals surface area contributed by atoms with Gasteiger partial charge in [0.05, 0.1) is 0 Å². The number of halogens is 10. The van der Waals surface area contributed by atoms with Crippen LogP contribution in [0.4, 0.5) is 43.9 Å². The van der Waals surface area contributed by atoms with Gasteiger partial charge < -0.3 is 0 Å². The van der Waals surface area contributed by atoms with Gasteiger partial charge in [-0.05, 0) is 0 Å². The second kappa shape index (κ2) is 17.4. The van der Waals surface area contributed by atoms with Crippen molar-refractivity contribution >= 4 is 19.2 Å². The minimum atomic E-state index is -6.70. The van der Waals surface area contributed by atoms with Gasteiger partial charge in [0.15, 0.2) is 0 Å². The standard InChI is InChI=1S/2C6H13O.2C4H4F5.Sn/c2*1-2-3-4-5-6-7;2*5-1-2(6)3(7)4(8)9;/h2*2-6H2,1H3;2*1-4H;/q2*-1;;;+2. The molecule has 2 nitrogen and oxygen atoms in total. The molecular formula is C20H34F10O2Sn. The molecule has 0 aromatic carbocycles. The first-order valence-corrected chi connectivity index (χ1v) is 16.8. The number of alkyl halides is 10. The Morgan fingerprint density at radius 1 is 0.485 bits per heavy atom. The zero-order valence-electron chi connectivity index (χ0n) is 18.8. The molecule has 0 bridgehead atoms. The van der Waals surface area contributed by atoms with Crippen LogP contribution in [-0.2, 0) is 6.15 Å². The fourth-order valence-electron chi connectivity index (χ4n) is 3.08. The summed E-state index contributed by atoms with van der Waals surface area (Å²) in [4.78, 5) is 0. The van der Waals surface area contributed by atoms with Crippen LogP contribution in [0.1, 0.15) is 65.2 Å². The van der Waals surface area contributed by atoms with E-state index < -0.39 is 78.3 Å². The van der Waals surface area contributed by atoms with Gasteiger partial charge in [-0.3, -0.25) is 0 Å². The summed E-state index contributed by atoms with van der Waals surface area (Å²) in [6.07, 6.45) is -18.8. The van der Waals surface area contributed by atoms with Gasteiger partial charge in [0.2, 0.25) is 0 Å². The molecule has 0 N–H and O–H groups in total. The van der Waals surface area contributed by atoms with Crippen molar-refractivity contribution in [3.63, 3.8) is 0 Å². The first kappa shape index (κ1) is 33.0. The summed E-state index contributed by atoms with van der Waals surface area (Å²) >= 11 is -6.70. The minimum absolute atomic E-state index is 0.126. The van der Waals surface area contributed by atoms with E-state index in [4.69, 9.17) is 6.15 Å². The molecule has 0 aromatic heterocycles. The van der Waals surface area contributed by atoms with Crippen LogP contribution in [0.2, 0.25) is 0 Å². The van der Waals surface area contributed by atoms with E-state index in [-0.39, 0.29) is 12.8 Å². The van der Waals surface area contributed by atoms with Crippen molar-refractivity contribution in [3.8, 4) is 0 Å². The molecule has 0 rings (SSSR count). The van der Waals surface area contributed by atoms with Crippen LogP contribution in [-0.4, -0.2) is 78.3 Å². The van der Waals surface area contributed by atoms with E-state index in [1.807, 2.05) is 13.8 Å². The third-order valence-corrected chi connectivity index (χ3v) is 15.0. The predicted octanol–water partition coefficient (Wildman–Crippen LogP) is 7.26. The van der Waals surface area contributed by atoms with Crippen LogP contribution in [0.3, 0.4) is 0 Å². The van der Waals surface area contributed by atoms with Crippen LogP contribution in [0, 0.1) is 0 Å². The Labute approximate surface area is 193 Å². The maximum atomic E-state index is 15.1. The van der Waals surface area contributed by atoms with Crippen molar-refractivity contribution in [1.82, 2.24) is 0 Å². The topological polar surface area (TPSA) is 18.5 Å². The first-order valence-electron chi connectivity index (χ1n) is 11.2. The van der Waals surface area contributed by atoms with Crippen LogP contribution >= 0.6 is 0 Å². The summed E-state index contributed by atoms with van der Waals surface area (Å²) in [7, 11) is 0. The van der Waals surface area contributed by atoms with Gasteiger partial charge in [0.1, 0.15) is 0 Å². The van der Waals surface area contributed by atoms with Crippen molar-refractivity contribution in [2.24, 2.45) is 0 Å². The zero-order valence-corrected chi connectivity index (χ0v) is 21.6. The van der Waals surface area contributed by atoms with E-state index in [0.29, 0.717) is 25.7 Å². The third kappa shape index (κ3) is 10.7. The van der Waals surface area contributed by atoms with Crippen molar-refractivity contribution in [2.75, 3.05) is 13.2 Å². The van der Waals surface area contributed by atoms with Gasteiger partial charge in [-0.1, -0.05) is 0 Å². The van der Waals surface area contributed by atoms with E-state index in [0.717, 1.165) is 12.8 Å². The van der Waals surface area contributed by atoms with Gasteiger partial charge in [-0.25, -0.2) is 0 Å². The van der Waals surface area contributed by atoms with E-state index in [9.17, 15) is 35.1 Å². The molecule has 0 fully saturated rings. The summed E-state index contributed by atoms with van der Waals surface area (Å²) in [5, 5.41) is 0. The van der Waals surface area contributed by atoms with Gasteiger partial charge in [0.25, 0.3) is 0 Å². The molecule has 0 aromatic rings. The summed E-state index contributed by atoms with van der Waals surface area (Å²) < 4.78 is 140. The normalized spacial score (nSPS) is 18.4. The fraction of sp³-hybridized carbons (Fsp3) is 1.00. The zero-order chi connectivity index (χ0) is 25.6. The summed E-state index contributed by atoms with van der Waals surface area (Å²) in [5.74, 6) is 0.